The summed E-state index contributed by atoms with van der Waals surface area (Å²) in [5.74, 6) is -0.321. The molecule has 0 unspecified atom stereocenters. The van der Waals surface area contributed by atoms with Gasteiger partial charge in [0.05, 0.1) is 6.61 Å². The number of halogens is 3. The average molecular weight is 316 g/mol. The molecule has 11 heteroatoms. The second kappa shape index (κ2) is 6.22. The summed E-state index contributed by atoms with van der Waals surface area (Å²) in [7, 11) is -5.56. The molecule has 1 heterocycles. The van der Waals surface area contributed by atoms with Gasteiger partial charge in [0, 0.05) is 6.54 Å². The van der Waals surface area contributed by atoms with Crippen LogP contribution in [-0.4, -0.2) is 30.3 Å². The van der Waals surface area contributed by atoms with E-state index < -0.39 is 28.0 Å². The number of nitrogens with zero attached hydrogens (tertiary/aromatic N) is 2. The van der Waals surface area contributed by atoms with E-state index in [-0.39, 0.29) is 13.0 Å². The first-order chi connectivity index (χ1) is 9.15. The van der Waals surface area contributed by atoms with Gasteiger partial charge in [-0.2, -0.15) is 21.6 Å². The average Bonchev–Trinajstić information content (AvgIpc) is 2.63. The van der Waals surface area contributed by atoms with Crippen LogP contribution in [0.1, 0.15) is 12.2 Å². The number of aromatic nitrogens is 2. The van der Waals surface area contributed by atoms with Crippen LogP contribution < -0.4 is 5.76 Å². The Morgan fingerprint density at radius 1 is 1.40 bits per heavy atom. The molecule has 0 atom stereocenters. The van der Waals surface area contributed by atoms with Gasteiger partial charge in [0.2, 0.25) is 0 Å². The minimum atomic E-state index is -5.56. The second-order valence-corrected chi connectivity index (χ2v) is 5.20. The van der Waals surface area contributed by atoms with Crippen LogP contribution in [0.25, 0.3) is 0 Å². The topological polar surface area (TPSA) is 91.4 Å². The van der Waals surface area contributed by atoms with Gasteiger partial charge in [0.25, 0.3) is 0 Å². The van der Waals surface area contributed by atoms with Gasteiger partial charge in [0.15, 0.2) is 5.82 Å². The monoisotopic (exact) mass is 316 g/mol. The fourth-order valence-electron chi connectivity index (χ4n) is 1.13. The van der Waals surface area contributed by atoms with Gasteiger partial charge in [-0.3, -0.25) is 13.3 Å². The van der Waals surface area contributed by atoms with E-state index in [1.165, 1.54) is 23.6 Å². The van der Waals surface area contributed by atoms with Crippen LogP contribution >= 0.6 is 0 Å². The minimum absolute atomic E-state index is 0.0611. The summed E-state index contributed by atoms with van der Waals surface area (Å²) >= 11 is 0. The van der Waals surface area contributed by atoms with Crippen LogP contribution in [0.2, 0.25) is 0 Å². The van der Waals surface area contributed by atoms with Crippen molar-refractivity contribution in [3.63, 3.8) is 0 Å². The maximum atomic E-state index is 11.9. The maximum absolute atomic E-state index is 11.9. The van der Waals surface area contributed by atoms with Crippen LogP contribution in [0.15, 0.2) is 21.5 Å². The summed E-state index contributed by atoms with van der Waals surface area (Å²) < 4.78 is 66.0. The van der Waals surface area contributed by atoms with Crippen molar-refractivity contribution in [2.24, 2.45) is 0 Å². The van der Waals surface area contributed by atoms with Crippen LogP contribution in [0.3, 0.4) is 0 Å². The van der Waals surface area contributed by atoms with Crippen molar-refractivity contribution in [2.45, 2.75) is 25.4 Å². The number of alkyl halides is 3. The van der Waals surface area contributed by atoms with Crippen molar-refractivity contribution in [1.82, 2.24) is 9.72 Å². The van der Waals surface area contributed by atoms with Gasteiger partial charge < -0.3 is 0 Å². The molecule has 0 amide bonds. The highest BCUT2D eigenvalue weighted by molar-refractivity contribution is 7.87. The molecule has 20 heavy (non-hydrogen) atoms. The predicted octanol–water partition coefficient (Wildman–Crippen LogP) is 0.957. The van der Waals surface area contributed by atoms with Crippen LogP contribution in [0.5, 0.6) is 0 Å². The van der Waals surface area contributed by atoms with Crippen molar-refractivity contribution in [3.8, 4) is 0 Å². The molecule has 0 saturated carbocycles. The molecule has 0 fully saturated rings. The molecule has 0 aliphatic rings. The van der Waals surface area contributed by atoms with Gasteiger partial charge in [-0.15, -0.1) is 0 Å². The predicted molar refractivity (Wildman–Crippen MR) is 60.2 cm³/mol. The third-order valence-corrected chi connectivity index (χ3v) is 3.17. The molecule has 0 spiro atoms. The standard InChI is InChI=1S/C9H11F3N2O5S/c1-7-13-19-8(15)14(7)5-3-2-4-6-18-20(16,17)9(10,11)12/h2-3H,4-6H2,1H3. The summed E-state index contributed by atoms with van der Waals surface area (Å²) in [4.78, 5) is 11.1. The molecule has 0 aliphatic heterocycles. The molecule has 1 rings (SSSR count). The lowest BCUT2D eigenvalue weighted by Crippen LogP contribution is -2.25. The molecule has 0 saturated heterocycles. The Morgan fingerprint density at radius 2 is 2.05 bits per heavy atom. The molecule has 1 aromatic heterocycles. The van der Waals surface area contributed by atoms with Gasteiger partial charge in [-0.25, -0.2) is 4.79 Å². The first kappa shape index (κ1) is 16.4. The molecule has 0 bridgehead atoms. The van der Waals surface area contributed by atoms with Crippen LogP contribution in [-0.2, 0) is 20.8 Å². The van der Waals surface area contributed by atoms with E-state index in [2.05, 4.69) is 13.9 Å². The number of rotatable bonds is 6. The lowest BCUT2D eigenvalue weighted by Gasteiger charge is -2.06. The van der Waals surface area contributed by atoms with Crippen molar-refractivity contribution in [3.05, 3.63) is 28.5 Å². The molecular formula is C9H11F3N2O5S. The Kier molecular flexibility index (Phi) is 5.11. The summed E-state index contributed by atoms with van der Waals surface area (Å²) in [6.45, 7) is 1.01. The molecule has 0 N–H and O–H groups in total. The first-order valence-corrected chi connectivity index (χ1v) is 6.70. The summed E-state index contributed by atoms with van der Waals surface area (Å²) in [6, 6.07) is 0. The number of aryl methyl sites for hydroxylation is 1. The fraction of sp³-hybridized carbons (Fsp3) is 0.556. The summed E-state index contributed by atoms with van der Waals surface area (Å²) in [5.41, 5.74) is -5.43. The summed E-state index contributed by atoms with van der Waals surface area (Å²) in [5, 5.41) is 3.40. The molecule has 114 valence electrons. The Labute approximate surface area is 111 Å². The van der Waals surface area contributed by atoms with Gasteiger partial charge in [-0.05, 0) is 13.3 Å². The van der Waals surface area contributed by atoms with Gasteiger partial charge in [-0.1, -0.05) is 17.3 Å². The lowest BCUT2D eigenvalue weighted by atomic mass is 10.4. The normalized spacial score (nSPS) is 13.2. The fourth-order valence-corrected chi connectivity index (χ4v) is 1.58. The summed E-state index contributed by atoms with van der Waals surface area (Å²) in [6.07, 6.45) is 2.77. The Morgan fingerprint density at radius 3 is 2.55 bits per heavy atom. The maximum Gasteiger partial charge on any atom is 0.523 e. The van der Waals surface area contributed by atoms with Crippen molar-refractivity contribution >= 4 is 10.1 Å². The van der Waals surface area contributed by atoms with E-state index in [1.807, 2.05) is 0 Å². The highest BCUT2D eigenvalue weighted by atomic mass is 32.2. The molecule has 7 nitrogen and oxygen atoms in total. The van der Waals surface area contributed by atoms with Crippen LogP contribution in [0.4, 0.5) is 13.2 Å². The zero-order valence-corrected chi connectivity index (χ0v) is 11.1. The first-order valence-electron chi connectivity index (χ1n) is 5.29. The molecule has 0 radical (unpaired) electrons. The highest BCUT2D eigenvalue weighted by Gasteiger charge is 2.47. The zero-order chi connectivity index (χ0) is 15.4. The largest absolute Gasteiger partial charge is 0.523 e. The molecule has 0 aliphatic carbocycles. The van der Waals surface area contributed by atoms with Crippen molar-refractivity contribution < 1.29 is 30.3 Å². The van der Waals surface area contributed by atoms with E-state index in [0.29, 0.717) is 5.82 Å². The van der Waals surface area contributed by atoms with E-state index >= 15 is 0 Å². The van der Waals surface area contributed by atoms with E-state index in [1.54, 1.807) is 0 Å². The third kappa shape index (κ3) is 4.20. The van der Waals surface area contributed by atoms with Crippen LogP contribution in [0, 0.1) is 6.92 Å². The highest BCUT2D eigenvalue weighted by Crippen LogP contribution is 2.24. The molecular weight excluding hydrogens is 305 g/mol. The number of hydrogen-bond donors (Lipinski definition) is 0. The Balaban J connectivity index is 2.39. The van der Waals surface area contributed by atoms with E-state index in [0.717, 1.165) is 0 Å². The quantitative estimate of drug-likeness (QED) is 0.336. The van der Waals surface area contributed by atoms with Gasteiger partial charge in [0.1, 0.15) is 0 Å². The molecule has 0 aromatic carbocycles. The van der Waals surface area contributed by atoms with Crippen molar-refractivity contribution in [2.75, 3.05) is 6.61 Å². The minimum Gasteiger partial charge on any atom is -0.296 e. The van der Waals surface area contributed by atoms with E-state index in [9.17, 15) is 26.4 Å². The smallest absolute Gasteiger partial charge is 0.296 e. The van der Waals surface area contributed by atoms with E-state index in [4.69, 9.17) is 0 Å². The van der Waals surface area contributed by atoms with Crippen molar-refractivity contribution in [1.29, 1.82) is 0 Å². The third-order valence-electron chi connectivity index (χ3n) is 2.13. The Hall–Kier alpha value is -1.62. The number of hydrogen-bond acceptors (Lipinski definition) is 6. The SMILES string of the molecule is Cc1noc(=O)n1CC=CCCOS(=O)(=O)C(F)(F)F. The number of allylic oxidation sites excluding steroid dienone is 1. The zero-order valence-electron chi connectivity index (χ0n) is 10.3. The molecule has 1 aromatic rings. The second-order valence-electron chi connectivity index (χ2n) is 3.59. The Bertz CT molecular complexity index is 629. The lowest BCUT2D eigenvalue weighted by molar-refractivity contribution is -0.0541. The van der Waals surface area contributed by atoms with Gasteiger partial charge >= 0.3 is 21.4 Å².